The van der Waals surface area contributed by atoms with E-state index in [0.717, 1.165) is 16.0 Å². The molecule has 0 bridgehead atoms. The summed E-state index contributed by atoms with van der Waals surface area (Å²) in [7, 11) is 0. The molecule has 1 saturated carbocycles. The predicted molar refractivity (Wildman–Crippen MR) is 69.5 cm³/mol. The zero-order chi connectivity index (χ0) is 11.9. The first kappa shape index (κ1) is 11.4. The van der Waals surface area contributed by atoms with Crippen LogP contribution in [-0.2, 0) is 5.41 Å². The highest BCUT2D eigenvalue weighted by Gasteiger charge is 2.36. The molecular weight excluding hydrogens is 282 g/mol. The maximum absolute atomic E-state index is 6.01. The monoisotopic (exact) mass is 297 g/mol. The van der Waals surface area contributed by atoms with Crippen LogP contribution in [-0.4, -0.2) is 13.3 Å². The zero-order valence-electron chi connectivity index (χ0n) is 9.67. The van der Waals surface area contributed by atoms with Crippen LogP contribution in [0.3, 0.4) is 0 Å². The van der Waals surface area contributed by atoms with E-state index in [4.69, 9.17) is 15.2 Å². The summed E-state index contributed by atoms with van der Waals surface area (Å²) in [6.07, 6.45) is 4.89. The van der Waals surface area contributed by atoms with E-state index >= 15 is 0 Å². The molecule has 0 amide bonds. The highest BCUT2D eigenvalue weighted by molar-refractivity contribution is 9.10. The predicted octanol–water partition coefficient (Wildman–Crippen LogP) is 2.95. The molecule has 3 rings (SSSR count). The number of nitrogens with two attached hydrogens (primary N) is 1. The molecule has 3 nitrogen and oxygen atoms in total. The summed E-state index contributed by atoms with van der Waals surface area (Å²) in [4.78, 5) is 0. The van der Waals surface area contributed by atoms with E-state index in [1.807, 2.05) is 0 Å². The molecule has 0 radical (unpaired) electrons. The van der Waals surface area contributed by atoms with Gasteiger partial charge in [0.1, 0.15) is 0 Å². The van der Waals surface area contributed by atoms with Crippen molar-refractivity contribution >= 4 is 15.9 Å². The van der Waals surface area contributed by atoms with Gasteiger partial charge in [-0.15, -0.1) is 0 Å². The van der Waals surface area contributed by atoms with Gasteiger partial charge in [-0.05, 0) is 46.5 Å². The largest absolute Gasteiger partial charge is 0.454 e. The quantitative estimate of drug-likeness (QED) is 0.913. The lowest BCUT2D eigenvalue weighted by atomic mass is 9.79. The van der Waals surface area contributed by atoms with E-state index in [0.29, 0.717) is 13.3 Å². The molecule has 2 N–H and O–H groups in total. The fraction of sp³-hybridized carbons (Fsp3) is 0.538. The minimum atomic E-state index is 0.142. The second-order valence-electron chi connectivity index (χ2n) is 4.88. The van der Waals surface area contributed by atoms with Crippen LogP contribution in [0.2, 0.25) is 0 Å². The molecule has 1 aromatic carbocycles. The summed E-state index contributed by atoms with van der Waals surface area (Å²) in [5.41, 5.74) is 7.44. The van der Waals surface area contributed by atoms with Gasteiger partial charge in [0.05, 0.1) is 4.47 Å². The van der Waals surface area contributed by atoms with E-state index in [1.165, 1.54) is 31.2 Å². The van der Waals surface area contributed by atoms with Crippen LogP contribution in [0.4, 0.5) is 0 Å². The van der Waals surface area contributed by atoms with Crippen molar-refractivity contribution in [2.45, 2.75) is 31.1 Å². The standard InChI is InChI=1S/C13H16BrNO2/c14-10-5-9(6-11-12(10)17-8-16-11)13(7-15)3-1-2-4-13/h5-6H,1-4,7-8,15H2. The summed E-state index contributed by atoms with van der Waals surface area (Å²) in [6.45, 7) is 1.02. The zero-order valence-corrected chi connectivity index (χ0v) is 11.3. The second-order valence-corrected chi connectivity index (χ2v) is 5.74. The van der Waals surface area contributed by atoms with Crippen LogP contribution >= 0.6 is 15.9 Å². The highest BCUT2D eigenvalue weighted by atomic mass is 79.9. The number of hydrogen-bond acceptors (Lipinski definition) is 3. The van der Waals surface area contributed by atoms with Gasteiger partial charge in [-0.2, -0.15) is 0 Å². The Hall–Kier alpha value is -0.740. The van der Waals surface area contributed by atoms with E-state index in [1.54, 1.807) is 0 Å². The van der Waals surface area contributed by atoms with Crippen molar-refractivity contribution in [3.05, 3.63) is 22.2 Å². The van der Waals surface area contributed by atoms with Gasteiger partial charge in [0.15, 0.2) is 11.5 Å². The minimum Gasteiger partial charge on any atom is -0.454 e. The lowest BCUT2D eigenvalue weighted by Crippen LogP contribution is -2.31. The van der Waals surface area contributed by atoms with Crippen molar-refractivity contribution in [2.24, 2.45) is 5.73 Å². The molecule has 17 heavy (non-hydrogen) atoms. The fourth-order valence-corrected chi connectivity index (χ4v) is 3.49. The molecule has 0 saturated heterocycles. The molecule has 2 aliphatic rings. The van der Waals surface area contributed by atoms with E-state index in [9.17, 15) is 0 Å². The Morgan fingerprint density at radius 1 is 1.24 bits per heavy atom. The summed E-state index contributed by atoms with van der Waals surface area (Å²) >= 11 is 3.55. The van der Waals surface area contributed by atoms with Crippen LogP contribution in [0.25, 0.3) is 0 Å². The molecule has 0 atom stereocenters. The fourth-order valence-electron chi connectivity index (χ4n) is 2.94. The maximum atomic E-state index is 6.01. The van der Waals surface area contributed by atoms with Crippen molar-refractivity contribution in [2.75, 3.05) is 13.3 Å². The molecule has 1 heterocycles. The molecule has 1 fully saturated rings. The summed E-state index contributed by atoms with van der Waals surface area (Å²) in [6, 6.07) is 4.25. The van der Waals surface area contributed by atoms with Crippen molar-refractivity contribution in [3.63, 3.8) is 0 Å². The van der Waals surface area contributed by atoms with E-state index in [-0.39, 0.29) is 5.41 Å². The van der Waals surface area contributed by atoms with Crippen LogP contribution in [0.15, 0.2) is 16.6 Å². The number of rotatable bonds is 2. The maximum Gasteiger partial charge on any atom is 0.231 e. The SMILES string of the molecule is NCC1(c2cc(Br)c3c(c2)OCO3)CCCC1. The van der Waals surface area contributed by atoms with Gasteiger partial charge in [0.25, 0.3) is 0 Å². The van der Waals surface area contributed by atoms with Crippen LogP contribution in [0, 0.1) is 0 Å². The average molecular weight is 298 g/mol. The number of fused-ring (bicyclic) bond motifs is 1. The van der Waals surface area contributed by atoms with Crippen LogP contribution < -0.4 is 15.2 Å². The number of benzene rings is 1. The number of halogens is 1. The molecule has 1 aromatic rings. The third-order valence-electron chi connectivity index (χ3n) is 3.99. The molecule has 92 valence electrons. The Bertz CT molecular complexity index is 441. The van der Waals surface area contributed by atoms with Gasteiger partial charge >= 0.3 is 0 Å². The average Bonchev–Trinajstić information content (AvgIpc) is 2.98. The van der Waals surface area contributed by atoms with Gasteiger partial charge in [0.2, 0.25) is 6.79 Å². The summed E-state index contributed by atoms with van der Waals surface area (Å²) in [5, 5.41) is 0. The first-order chi connectivity index (χ1) is 8.25. The lowest BCUT2D eigenvalue weighted by molar-refractivity contribution is 0.173. The third kappa shape index (κ3) is 1.74. The van der Waals surface area contributed by atoms with Gasteiger partial charge in [-0.3, -0.25) is 0 Å². The Kier molecular flexibility index (Phi) is 2.79. The van der Waals surface area contributed by atoms with Crippen molar-refractivity contribution in [1.82, 2.24) is 0 Å². The Morgan fingerprint density at radius 3 is 2.71 bits per heavy atom. The number of ether oxygens (including phenoxy) is 2. The van der Waals surface area contributed by atoms with Gasteiger partial charge in [0, 0.05) is 12.0 Å². The smallest absolute Gasteiger partial charge is 0.231 e. The summed E-state index contributed by atoms with van der Waals surface area (Å²) in [5.74, 6) is 1.66. The Labute approximate surface area is 109 Å². The molecule has 4 heteroatoms. The number of hydrogen-bond donors (Lipinski definition) is 1. The van der Waals surface area contributed by atoms with E-state index in [2.05, 4.69) is 28.1 Å². The Balaban J connectivity index is 2.06. The van der Waals surface area contributed by atoms with Crippen LogP contribution in [0.5, 0.6) is 11.5 Å². The lowest BCUT2D eigenvalue weighted by Gasteiger charge is -2.28. The molecule has 0 aromatic heterocycles. The minimum absolute atomic E-state index is 0.142. The second kappa shape index (κ2) is 4.18. The summed E-state index contributed by atoms with van der Waals surface area (Å²) < 4.78 is 11.9. The molecule has 0 unspecified atom stereocenters. The van der Waals surface area contributed by atoms with Gasteiger partial charge in [-0.25, -0.2) is 0 Å². The van der Waals surface area contributed by atoms with Gasteiger partial charge in [-0.1, -0.05) is 12.8 Å². The third-order valence-corrected chi connectivity index (χ3v) is 4.58. The molecule has 1 aliphatic carbocycles. The van der Waals surface area contributed by atoms with E-state index < -0.39 is 0 Å². The van der Waals surface area contributed by atoms with Crippen molar-refractivity contribution in [3.8, 4) is 11.5 Å². The van der Waals surface area contributed by atoms with Crippen molar-refractivity contribution in [1.29, 1.82) is 0 Å². The van der Waals surface area contributed by atoms with Gasteiger partial charge < -0.3 is 15.2 Å². The Morgan fingerprint density at radius 2 is 2.00 bits per heavy atom. The highest BCUT2D eigenvalue weighted by Crippen LogP contribution is 2.47. The first-order valence-corrected chi connectivity index (χ1v) is 6.84. The van der Waals surface area contributed by atoms with Crippen molar-refractivity contribution < 1.29 is 9.47 Å². The first-order valence-electron chi connectivity index (χ1n) is 6.05. The normalized spacial score (nSPS) is 20.8. The molecular formula is C13H16BrNO2. The van der Waals surface area contributed by atoms with Crippen LogP contribution in [0.1, 0.15) is 31.2 Å². The topological polar surface area (TPSA) is 44.5 Å². The molecule has 1 aliphatic heterocycles. The molecule has 0 spiro atoms.